The van der Waals surface area contributed by atoms with E-state index in [2.05, 4.69) is 30.4 Å². The van der Waals surface area contributed by atoms with Gasteiger partial charge in [0.1, 0.15) is 12.3 Å². The smallest absolute Gasteiger partial charge is 0.264 e. The maximum atomic E-state index is 13.5. The lowest BCUT2D eigenvalue weighted by molar-refractivity contribution is -0.119. The predicted octanol–water partition coefficient (Wildman–Crippen LogP) is 5.36. The maximum Gasteiger partial charge on any atom is 0.264 e. The Morgan fingerprint density at radius 1 is 1.03 bits per heavy atom. The van der Waals surface area contributed by atoms with E-state index in [9.17, 15) is 13.2 Å². The molecule has 36 heavy (non-hydrogen) atoms. The molecule has 0 spiro atoms. The topological polar surface area (TPSA) is 75.7 Å². The van der Waals surface area contributed by atoms with Crippen LogP contribution in [0.2, 0.25) is 0 Å². The molecule has 0 aliphatic carbocycles. The summed E-state index contributed by atoms with van der Waals surface area (Å²) < 4.78 is 33.7. The minimum Gasteiger partial charge on any atom is -0.494 e. The highest BCUT2D eigenvalue weighted by atomic mass is 32.2. The Kier molecular flexibility index (Phi) is 10.6. The average Bonchev–Trinajstić information content (AvgIpc) is 2.88. The van der Waals surface area contributed by atoms with E-state index in [1.807, 2.05) is 19.2 Å². The Morgan fingerprint density at radius 2 is 1.75 bits per heavy atom. The van der Waals surface area contributed by atoms with E-state index in [0.717, 1.165) is 20.7 Å². The zero-order valence-electron chi connectivity index (χ0n) is 20.8. The molecule has 0 unspecified atom stereocenters. The van der Waals surface area contributed by atoms with Gasteiger partial charge in [0.15, 0.2) is 0 Å². The van der Waals surface area contributed by atoms with Gasteiger partial charge in [-0.3, -0.25) is 9.10 Å². The number of benzene rings is 3. The molecule has 1 amide bonds. The molecule has 0 aliphatic heterocycles. The van der Waals surface area contributed by atoms with Crippen molar-refractivity contribution in [2.75, 3.05) is 36.0 Å². The van der Waals surface area contributed by atoms with Crippen molar-refractivity contribution >= 4 is 45.1 Å². The van der Waals surface area contributed by atoms with Crippen molar-refractivity contribution < 1.29 is 17.9 Å². The van der Waals surface area contributed by atoms with Crippen molar-refractivity contribution in [3.05, 3.63) is 83.9 Å². The molecule has 0 aliphatic rings. The third-order valence-corrected chi connectivity index (χ3v) is 8.85. The van der Waals surface area contributed by atoms with Crippen LogP contribution >= 0.6 is 23.5 Å². The lowest BCUT2D eigenvalue weighted by Gasteiger charge is -2.24. The molecule has 0 heterocycles. The van der Waals surface area contributed by atoms with Crippen LogP contribution in [0.1, 0.15) is 18.1 Å². The molecular formula is C27H32N2O4S3. The minimum absolute atomic E-state index is 0.135. The van der Waals surface area contributed by atoms with Gasteiger partial charge in [0, 0.05) is 22.9 Å². The predicted molar refractivity (Wildman–Crippen MR) is 151 cm³/mol. The summed E-state index contributed by atoms with van der Waals surface area (Å²) in [6.07, 6.45) is 1.93. The Morgan fingerprint density at radius 3 is 2.39 bits per heavy atom. The largest absolute Gasteiger partial charge is 0.494 e. The van der Waals surface area contributed by atoms with Crippen molar-refractivity contribution in [2.45, 2.75) is 29.4 Å². The summed E-state index contributed by atoms with van der Waals surface area (Å²) in [5.74, 6) is 1.87. The lowest BCUT2D eigenvalue weighted by atomic mass is 10.2. The van der Waals surface area contributed by atoms with Gasteiger partial charge in [-0.05, 0) is 74.2 Å². The highest BCUT2D eigenvalue weighted by Crippen LogP contribution is 2.27. The first-order valence-electron chi connectivity index (χ1n) is 11.6. The number of anilines is 1. The molecule has 3 aromatic rings. The number of nitrogens with one attached hydrogen (secondary N) is 1. The number of nitrogens with zero attached hydrogens (tertiary/aromatic N) is 1. The number of sulfonamides is 1. The SMILES string of the molecule is CCOc1ccc(N(CC(=O)NCCSCc2cccc(C)c2)S(=O)(=O)c2ccc(SC)cc2)cc1. The summed E-state index contributed by atoms with van der Waals surface area (Å²) in [5.41, 5.74) is 2.86. The molecule has 3 rings (SSSR count). The summed E-state index contributed by atoms with van der Waals surface area (Å²) in [5, 5.41) is 2.86. The normalized spacial score (nSPS) is 11.2. The molecule has 1 N–H and O–H groups in total. The number of hydrogen-bond acceptors (Lipinski definition) is 6. The van der Waals surface area contributed by atoms with Crippen LogP contribution in [0.3, 0.4) is 0 Å². The Hall–Kier alpha value is -2.62. The molecule has 0 aromatic heterocycles. The molecule has 0 fully saturated rings. The van der Waals surface area contributed by atoms with Crippen molar-refractivity contribution in [1.29, 1.82) is 0 Å². The number of aryl methyl sites for hydroxylation is 1. The second kappa shape index (κ2) is 13.6. The number of hydrogen-bond donors (Lipinski definition) is 1. The number of carbonyl (C=O) groups is 1. The van der Waals surface area contributed by atoms with Crippen LogP contribution < -0.4 is 14.4 Å². The Labute approximate surface area is 222 Å². The third kappa shape index (κ3) is 7.94. The second-order valence-electron chi connectivity index (χ2n) is 8.01. The van der Waals surface area contributed by atoms with E-state index in [1.54, 1.807) is 60.3 Å². The van der Waals surface area contributed by atoms with Crippen LogP contribution in [0.25, 0.3) is 0 Å². The molecule has 6 nitrogen and oxygen atoms in total. The fourth-order valence-electron chi connectivity index (χ4n) is 3.51. The summed E-state index contributed by atoms with van der Waals surface area (Å²) in [7, 11) is -3.96. The standard InChI is InChI=1S/C27H32N2O4S3/c1-4-33-24-10-8-23(9-11-24)29(36(31,32)26-14-12-25(34-3)13-15-26)19-27(30)28-16-17-35-20-22-7-5-6-21(2)18-22/h5-15,18H,4,16-17,19-20H2,1-3H3,(H,28,30). The first-order chi connectivity index (χ1) is 17.3. The van der Waals surface area contributed by atoms with Gasteiger partial charge in [-0.2, -0.15) is 11.8 Å². The van der Waals surface area contributed by atoms with Crippen LogP contribution in [-0.2, 0) is 20.6 Å². The lowest BCUT2D eigenvalue weighted by Crippen LogP contribution is -2.41. The molecule has 0 saturated carbocycles. The van der Waals surface area contributed by atoms with Crippen LogP contribution in [-0.4, -0.2) is 46.0 Å². The van der Waals surface area contributed by atoms with Gasteiger partial charge in [0.05, 0.1) is 17.2 Å². The van der Waals surface area contributed by atoms with E-state index >= 15 is 0 Å². The van der Waals surface area contributed by atoms with Gasteiger partial charge in [-0.15, -0.1) is 11.8 Å². The Bertz CT molecular complexity index is 1230. The number of carbonyl (C=O) groups excluding carboxylic acids is 1. The summed E-state index contributed by atoms with van der Waals surface area (Å²) in [6, 6.07) is 21.7. The number of rotatable bonds is 13. The van der Waals surface area contributed by atoms with Gasteiger partial charge < -0.3 is 10.1 Å². The zero-order valence-corrected chi connectivity index (χ0v) is 23.2. The zero-order chi connectivity index (χ0) is 26.0. The molecular weight excluding hydrogens is 513 g/mol. The highest BCUT2D eigenvalue weighted by Gasteiger charge is 2.27. The number of amides is 1. The maximum absolute atomic E-state index is 13.5. The van der Waals surface area contributed by atoms with E-state index in [-0.39, 0.29) is 17.3 Å². The van der Waals surface area contributed by atoms with Crippen molar-refractivity contribution in [3.8, 4) is 5.75 Å². The average molecular weight is 545 g/mol. The summed E-state index contributed by atoms with van der Waals surface area (Å²) in [4.78, 5) is 13.9. The van der Waals surface area contributed by atoms with Crippen molar-refractivity contribution in [2.24, 2.45) is 0 Å². The van der Waals surface area contributed by atoms with Crippen LogP contribution in [0.4, 0.5) is 5.69 Å². The fraction of sp³-hybridized carbons (Fsp3) is 0.296. The van der Waals surface area contributed by atoms with E-state index < -0.39 is 10.0 Å². The molecule has 3 aromatic carbocycles. The number of thioether (sulfide) groups is 2. The highest BCUT2D eigenvalue weighted by molar-refractivity contribution is 7.98. The monoisotopic (exact) mass is 544 g/mol. The summed E-state index contributed by atoms with van der Waals surface area (Å²) in [6.45, 7) is 4.59. The van der Waals surface area contributed by atoms with Crippen LogP contribution in [0.5, 0.6) is 5.75 Å². The van der Waals surface area contributed by atoms with Gasteiger partial charge in [-0.25, -0.2) is 8.42 Å². The second-order valence-corrected chi connectivity index (χ2v) is 11.9. The quantitative estimate of drug-likeness (QED) is 0.231. The fourth-order valence-corrected chi connectivity index (χ4v) is 6.14. The molecule has 0 radical (unpaired) electrons. The van der Waals surface area contributed by atoms with E-state index in [4.69, 9.17) is 4.74 Å². The Balaban J connectivity index is 1.68. The van der Waals surface area contributed by atoms with E-state index in [0.29, 0.717) is 24.6 Å². The molecule has 0 atom stereocenters. The molecule has 0 bridgehead atoms. The van der Waals surface area contributed by atoms with Crippen LogP contribution in [0, 0.1) is 6.92 Å². The molecule has 9 heteroatoms. The van der Waals surface area contributed by atoms with Crippen LogP contribution in [0.15, 0.2) is 82.6 Å². The van der Waals surface area contributed by atoms with Gasteiger partial charge in [-0.1, -0.05) is 29.8 Å². The minimum atomic E-state index is -3.96. The van der Waals surface area contributed by atoms with Crippen molar-refractivity contribution in [1.82, 2.24) is 5.32 Å². The van der Waals surface area contributed by atoms with Gasteiger partial charge in [0.2, 0.25) is 5.91 Å². The molecule has 0 saturated heterocycles. The first kappa shape index (κ1) is 28.0. The first-order valence-corrected chi connectivity index (χ1v) is 15.4. The number of ether oxygens (including phenoxy) is 1. The van der Waals surface area contributed by atoms with Gasteiger partial charge >= 0.3 is 0 Å². The molecule has 192 valence electrons. The van der Waals surface area contributed by atoms with Crippen molar-refractivity contribution in [3.63, 3.8) is 0 Å². The van der Waals surface area contributed by atoms with E-state index in [1.165, 1.54) is 22.9 Å². The summed E-state index contributed by atoms with van der Waals surface area (Å²) >= 11 is 3.26. The third-order valence-electron chi connectivity index (χ3n) is 5.29. The van der Waals surface area contributed by atoms with Gasteiger partial charge in [0.25, 0.3) is 10.0 Å².